The van der Waals surface area contributed by atoms with Crippen molar-refractivity contribution in [2.45, 2.75) is 38.6 Å². The molecule has 0 unspecified atom stereocenters. The zero-order valence-electron chi connectivity index (χ0n) is 11.1. The Kier molecular flexibility index (Phi) is 6.77. The SMILES string of the molecule is CCCCC[C@H](N=Cc1ccccc1)C(=O)OC. The first-order chi connectivity index (χ1) is 8.77. The summed E-state index contributed by atoms with van der Waals surface area (Å²) >= 11 is 0. The van der Waals surface area contributed by atoms with E-state index in [0.29, 0.717) is 0 Å². The number of rotatable bonds is 7. The minimum Gasteiger partial charge on any atom is -0.467 e. The third kappa shape index (κ3) is 5.13. The molecule has 1 atom stereocenters. The first-order valence-corrected chi connectivity index (χ1v) is 6.44. The van der Waals surface area contributed by atoms with Gasteiger partial charge in [-0.05, 0) is 12.0 Å². The first-order valence-electron chi connectivity index (χ1n) is 6.44. The molecule has 0 N–H and O–H groups in total. The molecule has 0 aromatic heterocycles. The van der Waals surface area contributed by atoms with Crippen LogP contribution >= 0.6 is 0 Å². The van der Waals surface area contributed by atoms with Crippen molar-refractivity contribution in [3.63, 3.8) is 0 Å². The molecule has 0 amide bonds. The van der Waals surface area contributed by atoms with Crippen molar-refractivity contribution in [3.05, 3.63) is 35.9 Å². The number of unbranched alkanes of at least 4 members (excludes halogenated alkanes) is 2. The van der Waals surface area contributed by atoms with Crippen LogP contribution in [0.1, 0.15) is 38.2 Å². The summed E-state index contributed by atoms with van der Waals surface area (Å²) < 4.78 is 4.78. The lowest BCUT2D eigenvalue weighted by molar-refractivity contribution is -0.142. The number of carbonyl (C=O) groups excluding carboxylic acids is 1. The molecule has 0 saturated heterocycles. The smallest absolute Gasteiger partial charge is 0.330 e. The second-order valence-electron chi connectivity index (χ2n) is 4.22. The second-order valence-corrected chi connectivity index (χ2v) is 4.22. The Morgan fingerprint density at radius 1 is 1.33 bits per heavy atom. The van der Waals surface area contributed by atoms with Crippen molar-refractivity contribution in [2.75, 3.05) is 7.11 Å². The molecule has 1 aromatic carbocycles. The van der Waals surface area contributed by atoms with Crippen LogP contribution in [0.5, 0.6) is 0 Å². The molecule has 18 heavy (non-hydrogen) atoms. The molecule has 0 spiro atoms. The van der Waals surface area contributed by atoms with E-state index in [4.69, 9.17) is 4.74 Å². The summed E-state index contributed by atoms with van der Waals surface area (Å²) in [6.07, 6.45) is 5.75. The normalized spacial score (nSPS) is 12.6. The van der Waals surface area contributed by atoms with Crippen molar-refractivity contribution < 1.29 is 9.53 Å². The van der Waals surface area contributed by atoms with Crippen LogP contribution in [-0.2, 0) is 9.53 Å². The average molecular weight is 247 g/mol. The summed E-state index contributed by atoms with van der Waals surface area (Å²) in [6.45, 7) is 2.14. The van der Waals surface area contributed by atoms with E-state index in [1.54, 1.807) is 6.21 Å². The van der Waals surface area contributed by atoms with Crippen molar-refractivity contribution >= 4 is 12.2 Å². The van der Waals surface area contributed by atoms with Gasteiger partial charge in [-0.1, -0.05) is 56.5 Å². The standard InChI is InChI=1S/C15H21NO2/c1-3-4-6-11-14(15(17)18-2)16-12-13-9-7-5-8-10-13/h5,7-10,12,14H,3-4,6,11H2,1-2H3/t14-/m0/s1. The summed E-state index contributed by atoms with van der Waals surface area (Å²) in [5, 5.41) is 0. The largest absolute Gasteiger partial charge is 0.467 e. The highest BCUT2D eigenvalue weighted by molar-refractivity contribution is 5.83. The lowest BCUT2D eigenvalue weighted by Gasteiger charge is -2.09. The molecule has 0 heterocycles. The van der Waals surface area contributed by atoms with Gasteiger partial charge in [-0.3, -0.25) is 4.99 Å². The number of aliphatic imine (C=N–C) groups is 1. The molecule has 98 valence electrons. The Morgan fingerprint density at radius 3 is 2.67 bits per heavy atom. The van der Waals surface area contributed by atoms with Crippen LogP contribution in [0.3, 0.4) is 0 Å². The Bertz CT molecular complexity index is 373. The maximum atomic E-state index is 11.6. The number of methoxy groups -OCH3 is 1. The van der Waals surface area contributed by atoms with Gasteiger partial charge in [-0.2, -0.15) is 0 Å². The van der Waals surface area contributed by atoms with E-state index in [1.807, 2.05) is 30.3 Å². The molecule has 3 heteroatoms. The van der Waals surface area contributed by atoms with Gasteiger partial charge in [0.25, 0.3) is 0 Å². The molecule has 0 aliphatic rings. The summed E-state index contributed by atoms with van der Waals surface area (Å²) in [5.41, 5.74) is 1.00. The van der Waals surface area contributed by atoms with E-state index < -0.39 is 0 Å². The second kappa shape index (κ2) is 8.45. The average Bonchev–Trinajstić information content (AvgIpc) is 2.43. The van der Waals surface area contributed by atoms with Gasteiger partial charge in [0.1, 0.15) is 6.04 Å². The number of nitrogens with zero attached hydrogens (tertiary/aromatic N) is 1. The highest BCUT2D eigenvalue weighted by Crippen LogP contribution is 2.08. The fraction of sp³-hybridized carbons (Fsp3) is 0.467. The number of hydrogen-bond donors (Lipinski definition) is 0. The summed E-state index contributed by atoms with van der Waals surface area (Å²) in [4.78, 5) is 15.9. The Labute approximate surface area is 109 Å². The molecule has 1 rings (SSSR count). The Balaban J connectivity index is 2.60. The van der Waals surface area contributed by atoms with Crippen molar-refractivity contribution in [3.8, 4) is 0 Å². The van der Waals surface area contributed by atoms with Gasteiger partial charge < -0.3 is 4.74 Å². The fourth-order valence-corrected chi connectivity index (χ4v) is 1.69. The number of hydrogen-bond acceptors (Lipinski definition) is 3. The predicted molar refractivity (Wildman–Crippen MR) is 74.0 cm³/mol. The number of carbonyl (C=O) groups is 1. The van der Waals surface area contributed by atoms with Gasteiger partial charge in [0.2, 0.25) is 0 Å². The number of esters is 1. The molecule has 0 saturated carbocycles. The van der Waals surface area contributed by atoms with Gasteiger partial charge in [-0.15, -0.1) is 0 Å². The molecule has 0 aliphatic heterocycles. The number of ether oxygens (including phenoxy) is 1. The molecule has 0 radical (unpaired) electrons. The van der Waals surface area contributed by atoms with E-state index in [1.165, 1.54) is 7.11 Å². The van der Waals surface area contributed by atoms with Crippen LogP contribution in [0, 0.1) is 0 Å². The summed E-state index contributed by atoms with van der Waals surface area (Å²) in [6, 6.07) is 9.41. The third-order valence-electron chi connectivity index (χ3n) is 2.76. The highest BCUT2D eigenvalue weighted by atomic mass is 16.5. The quantitative estimate of drug-likeness (QED) is 0.421. The molecule has 3 nitrogen and oxygen atoms in total. The fourth-order valence-electron chi connectivity index (χ4n) is 1.69. The van der Waals surface area contributed by atoms with Crippen LogP contribution < -0.4 is 0 Å². The van der Waals surface area contributed by atoms with Gasteiger partial charge >= 0.3 is 5.97 Å². The predicted octanol–water partition coefficient (Wildman–Crippen LogP) is 3.23. The molecule has 0 fully saturated rings. The monoisotopic (exact) mass is 247 g/mol. The molecule has 0 aliphatic carbocycles. The van der Waals surface area contributed by atoms with Crippen LogP contribution in [0.4, 0.5) is 0 Å². The lowest BCUT2D eigenvalue weighted by Crippen LogP contribution is -2.20. The van der Waals surface area contributed by atoms with Gasteiger partial charge in [0.05, 0.1) is 7.11 Å². The maximum absolute atomic E-state index is 11.6. The minimum atomic E-state index is -0.373. The Morgan fingerprint density at radius 2 is 2.06 bits per heavy atom. The summed E-state index contributed by atoms with van der Waals surface area (Å²) in [5.74, 6) is -0.252. The van der Waals surface area contributed by atoms with Gasteiger partial charge in [-0.25, -0.2) is 4.79 Å². The van der Waals surface area contributed by atoms with Gasteiger partial charge in [0, 0.05) is 6.21 Å². The van der Waals surface area contributed by atoms with Crippen LogP contribution in [0.2, 0.25) is 0 Å². The molecular weight excluding hydrogens is 226 g/mol. The Hall–Kier alpha value is -1.64. The lowest BCUT2D eigenvalue weighted by atomic mass is 10.1. The van der Waals surface area contributed by atoms with E-state index >= 15 is 0 Å². The van der Waals surface area contributed by atoms with Crippen molar-refractivity contribution in [1.82, 2.24) is 0 Å². The molecule has 0 bridgehead atoms. The van der Waals surface area contributed by atoms with Crippen LogP contribution in [-0.4, -0.2) is 25.3 Å². The minimum absolute atomic E-state index is 0.252. The van der Waals surface area contributed by atoms with Crippen LogP contribution in [0.25, 0.3) is 0 Å². The first kappa shape index (κ1) is 14.4. The maximum Gasteiger partial charge on any atom is 0.330 e. The third-order valence-corrected chi connectivity index (χ3v) is 2.76. The molecule has 1 aromatic rings. The van der Waals surface area contributed by atoms with E-state index in [-0.39, 0.29) is 12.0 Å². The molecular formula is C15H21NO2. The topological polar surface area (TPSA) is 38.7 Å². The summed E-state index contributed by atoms with van der Waals surface area (Å²) in [7, 11) is 1.41. The zero-order valence-corrected chi connectivity index (χ0v) is 11.1. The van der Waals surface area contributed by atoms with E-state index in [0.717, 1.165) is 31.2 Å². The zero-order chi connectivity index (χ0) is 13.2. The van der Waals surface area contributed by atoms with Gasteiger partial charge in [0.15, 0.2) is 0 Å². The highest BCUT2D eigenvalue weighted by Gasteiger charge is 2.16. The van der Waals surface area contributed by atoms with E-state index in [2.05, 4.69) is 11.9 Å². The van der Waals surface area contributed by atoms with Crippen molar-refractivity contribution in [1.29, 1.82) is 0 Å². The van der Waals surface area contributed by atoms with Crippen molar-refractivity contribution in [2.24, 2.45) is 4.99 Å². The number of benzene rings is 1. The van der Waals surface area contributed by atoms with E-state index in [9.17, 15) is 4.79 Å². The van der Waals surface area contributed by atoms with Crippen LogP contribution in [0.15, 0.2) is 35.3 Å².